The van der Waals surface area contributed by atoms with Crippen molar-refractivity contribution in [3.63, 3.8) is 0 Å². The minimum absolute atomic E-state index is 0. The van der Waals surface area contributed by atoms with Crippen molar-refractivity contribution in [2.45, 2.75) is 26.3 Å². The van der Waals surface area contributed by atoms with Crippen LogP contribution >= 0.6 is 0 Å². The van der Waals surface area contributed by atoms with Crippen LogP contribution in [0, 0.1) is 31.7 Å². The Morgan fingerprint density at radius 3 is 1.15 bits per heavy atom. The molecule has 0 amide bonds. The molecular weight excluding hydrogens is 215 g/mol. The molecule has 0 N–H and O–H groups in total. The van der Waals surface area contributed by atoms with E-state index >= 15 is 0 Å². The van der Waals surface area contributed by atoms with Gasteiger partial charge in [-0.2, -0.15) is 0 Å². The summed E-state index contributed by atoms with van der Waals surface area (Å²) in [6, 6.07) is 0. The maximum Gasteiger partial charge on any atom is 0 e. The summed E-state index contributed by atoms with van der Waals surface area (Å²) in [5, 5.41) is 6.50. The topological polar surface area (TPSA) is 67.9 Å². The number of nitrogens with zero attached hydrogens (tertiary/aromatic N) is 2. The van der Waals surface area contributed by atoms with Crippen molar-refractivity contribution < 1.29 is 26.1 Å². The van der Waals surface area contributed by atoms with Gasteiger partial charge in [-0.15, -0.1) is 0 Å². The van der Waals surface area contributed by atoms with Crippen molar-refractivity contribution in [2.75, 3.05) is 0 Å². The van der Waals surface area contributed by atoms with Gasteiger partial charge in [0.1, 0.15) is 0 Å². The second-order valence-electron chi connectivity index (χ2n) is 2.28. The van der Waals surface area contributed by atoms with Crippen LogP contribution in [0.15, 0.2) is 0 Å². The van der Waals surface area contributed by atoms with Crippen LogP contribution in [0.1, 0.15) is 20.8 Å². The van der Waals surface area contributed by atoms with Gasteiger partial charge in [-0.1, -0.05) is 0 Å². The van der Waals surface area contributed by atoms with Crippen LogP contribution in [-0.4, -0.2) is 5.54 Å². The van der Waals surface area contributed by atoms with E-state index in [1.165, 1.54) is 0 Å². The molecule has 13 heavy (non-hydrogen) atoms. The average Bonchev–Trinajstić information content (AvgIpc) is 2.14. The second kappa shape index (κ2) is 30.6. The van der Waals surface area contributed by atoms with E-state index in [2.05, 4.69) is 24.7 Å². The molecule has 0 aliphatic rings. The summed E-state index contributed by atoms with van der Waals surface area (Å²) in [6.45, 7) is 24.6. The Morgan fingerprint density at radius 1 is 1.08 bits per heavy atom. The van der Waals surface area contributed by atoms with E-state index in [1.807, 2.05) is 20.8 Å². The van der Waals surface area contributed by atoms with Gasteiger partial charge in [0.25, 0.3) is 0 Å². The van der Waals surface area contributed by atoms with Gasteiger partial charge in [-0.3, -0.25) is 0 Å². The zero-order valence-corrected chi connectivity index (χ0v) is 8.66. The van der Waals surface area contributed by atoms with E-state index in [4.69, 9.17) is 21.1 Å². The van der Waals surface area contributed by atoms with Gasteiger partial charge in [0.15, 0.2) is 0 Å². The number of hydrogen-bond donors (Lipinski definition) is 0. The third-order valence-corrected chi connectivity index (χ3v) is 0.335. The van der Waals surface area contributed by atoms with E-state index < -0.39 is 0 Å². The van der Waals surface area contributed by atoms with Crippen LogP contribution in [0.25, 0.3) is 4.85 Å². The Balaban J connectivity index is -0.0000000263. The van der Waals surface area contributed by atoms with Crippen molar-refractivity contribution in [3.05, 3.63) is 24.7 Å². The zero-order chi connectivity index (χ0) is 11.2. The molecule has 0 aliphatic carbocycles. The van der Waals surface area contributed by atoms with Gasteiger partial charge in [-0.05, 0) is 0 Å². The Kier molecular flexibility index (Phi) is 69.8. The Labute approximate surface area is 89.4 Å². The maximum atomic E-state index is 7.50. The van der Waals surface area contributed by atoms with Crippen LogP contribution in [0.4, 0.5) is 0 Å². The predicted octanol–water partition coefficient (Wildman–Crippen LogP) is 1.77. The second-order valence-corrected chi connectivity index (χ2v) is 2.28. The van der Waals surface area contributed by atoms with Crippen molar-refractivity contribution in [1.29, 1.82) is 5.26 Å². The fraction of sp³-hybridized carbons (Fsp3) is 0.500. The molecule has 0 heterocycles. The number of hydrogen-bond acceptors (Lipinski definition) is 1. The quantitative estimate of drug-likeness (QED) is 0.457. The molecule has 0 aromatic carbocycles. The minimum Gasteiger partial charge on any atom is 0 e. The first-order chi connectivity index (χ1) is 5.56. The SMILES string of the molecule is C#N.[C-]#[N+]C(C)(C)C.[C-]#[O+].[C-]#[O+].[Co]. The molecule has 73 valence electrons. The normalized spacial score (nSPS) is 5.23. The third-order valence-electron chi connectivity index (χ3n) is 0.335. The van der Waals surface area contributed by atoms with E-state index in [1.54, 1.807) is 0 Å². The summed E-state index contributed by atoms with van der Waals surface area (Å²) in [4.78, 5) is 3.27. The zero-order valence-electron chi connectivity index (χ0n) is 7.62. The van der Waals surface area contributed by atoms with Crippen LogP contribution in [0.5, 0.6) is 0 Å². The van der Waals surface area contributed by atoms with Crippen molar-refractivity contribution >= 4 is 0 Å². The third kappa shape index (κ3) is 228. The van der Waals surface area contributed by atoms with Crippen LogP contribution < -0.4 is 0 Å². The van der Waals surface area contributed by atoms with Crippen LogP contribution in [-0.2, 0) is 26.1 Å². The molecule has 0 saturated heterocycles. The fourth-order valence-corrected chi connectivity index (χ4v) is 0. The van der Waals surface area contributed by atoms with Gasteiger partial charge >= 0.3 is 22.6 Å². The average molecular weight is 225 g/mol. The first-order valence-corrected chi connectivity index (χ1v) is 2.61. The Hall–Kier alpha value is -1.03. The predicted molar refractivity (Wildman–Crippen MR) is 40.9 cm³/mol. The number of nitriles is 1. The molecule has 0 saturated carbocycles. The van der Waals surface area contributed by atoms with Gasteiger partial charge < -0.3 is 4.85 Å². The van der Waals surface area contributed by atoms with Crippen molar-refractivity contribution in [3.8, 4) is 6.57 Å². The molecule has 0 bridgehead atoms. The summed E-state index contributed by atoms with van der Waals surface area (Å²) in [5.74, 6) is 0. The molecular formula is C8H10CoN2O2. The molecule has 0 atom stereocenters. The summed E-state index contributed by atoms with van der Waals surface area (Å²) in [5.41, 5.74) is -0.167. The smallest absolute Gasteiger partial charge is 0 e. The minimum atomic E-state index is -0.167. The van der Waals surface area contributed by atoms with E-state index in [0.717, 1.165) is 0 Å². The van der Waals surface area contributed by atoms with Crippen LogP contribution in [0.2, 0.25) is 0 Å². The molecule has 0 rings (SSSR count). The van der Waals surface area contributed by atoms with E-state index in [0.29, 0.717) is 0 Å². The molecule has 0 fully saturated rings. The molecule has 5 heteroatoms. The largest absolute Gasteiger partial charge is 0 e. The first kappa shape index (κ1) is 29.7. The Morgan fingerprint density at radius 2 is 1.15 bits per heavy atom. The van der Waals surface area contributed by atoms with Crippen LogP contribution in [0.3, 0.4) is 0 Å². The molecule has 0 aromatic rings. The summed E-state index contributed by atoms with van der Waals surface area (Å²) in [6.07, 6.45) is 0. The summed E-state index contributed by atoms with van der Waals surface area (Å²) < 4.78 is 15.0. The molecule has 0 unspecified atom stereocenters. The molecule has 0 spiro atoms. The molecule has 1 radical (unpaired) electrons. The summed E-state index contributed by atoms with van der Waals surface area (Å²) in [7, 11) is 0. The van der Waals surface area contributed by atoms with E-state index in [9.17, 15) is 0 Å². The van der Waals surface area contributed by atoms with Gasteiger partial charge in [0.05, 0.1) is 0 Å². The van der Waals surface area contributed by atoms with Gasteiger partial charge in [0, 0.05) is 44.1 Å². The fourth-order valence-electron chi connectivity index (χ4n) is 0. The molecule has 0 aromatic heterocycles. The standard InChI is InChI=1S/C5H9N.CHN.2CO.Co/c1-5(2,3)6-4;3*1-2;/h1-3H3;1H;;;. The number of rotatable bonds is 0. The van der Waals surface area contributed by atoms with Gasteiger partial charge in [-0.25, -0.2) is 11.8 Å². The summed E-state index contributed by atoms with van der Waals surface area (Å²) >= 11 is 0. The molecule has 4 nitrogen and oxygen atoms in total. The monoisotopic (exact) mass is 225 g/mol. The van der Waals surface area contributed by atoms with Crippen molar-refractivity contribution in [2.24, 2.45) is 0 Å². The Bertz CT molecular complexity index is 157. The van der Waals surface area contributed by atoms with Crippen molar-refractivity contribution in [1.82, 2.24) is 0 Å². The van der Waals surface area contributed by atoms with Gasteiger partial charge in [0.2, 0.25) is 5.54 Å². The first-order valence-electron chi connectivity index (χ1n) is 2.61. The van der Waals surface area contributed by atoms with E-state index in [-0.39, 0.29) is 22.3 Å². The maximum absolute atomic E-state index is 7.50. The molecule has 0 aliphatic heterocycles.